The molecule has 0 aromatic heterocycles. The number of ether oxygens (including phenoxy) is 2. The summed E-state index contributed by atoms with van der Waals surface area (Å²) < 4.78 is 50.2. The zero-order valence-electron chi connectivity index (χ0n) is 21.5. The number of anilines is 1. The lowest BCUT2D eigenvalue weighted by Gasteiger charge is -2.24. The summed E-state index contributed by atoms with van der Waals surface area (Å²) in [4.78, 5) is 2.16. The molecule has 0 aliphatic heterocycles. The average molecular weight is 375 g/mol. The van der Waals surface area contributed by atoms with E-state index in [-0.39, 0.29) is 24.1 Å². The Morgan fingerprint density at radius 3 is 2.26 bits per heavy atom. The van der Waals surface area contributed by atoms with Gasteiger partial charge in [0.05, 0.1) is 31.4 Å². The molecule has 146 valence electrons. The maximum atomic E-state index is 7.90. The van der Waals surface area contributed by atoms with E-state index in [1.54, 1.807) is 12.1 Å². The third kappa shape index (κ3) is 7.89. The average Bonchev–Trinajstić information content (AvgIpc) is 2.78. The van der Waals surface area contributed by atoms with Gasteiger partial charge >= 0.3 is 0 Å². The highest BCUT2D eigenvalue weighted by Gasteiger charge is 2.07. The van der Waals surface area contributed by atoms with Crippen molar-refractivity contribution in [3.63, 3.8) is 0 Å². The summed E-state index contributed by atoms with van der Waals surface area (Å²) in [6.07, 6.45) is -0.250. The highest BCUT2D eigenvalue weighted by Crippen LogP contribution is 2.22. The van der Waals surface area contributed by atoms with Crippen molar-refractivity contribution in [3.8, 4) is 0 Å². The number of hydrogen-bond donors (Lipinski definition) is 0. The molecule has 0 heterocycles. The van der Waals surface area contributed by atoms with Gasteiger partial charge < -0.3 is 14.4 Å². The zero-order valence-corrected chi connectivity index (χ0v) is 16.5. The van der Waals surface area contributed by atoms with Gasteiger partial charge in [0.25, 0.3) is 0 Å². The monoisotopic (exact) mass is 374 g/mol. The molecule has 0 N–H and O–H groups in total. The van der Waals surface area contributed by atoms with Gasteiger partial charge in [-0.15, -0.1) is 0 Å². The molecule has 1 atom stereocenters. The van der Waals surface area contributed by atoms with Gasteiger partial charge in [-0.3, -0.25) is 0 Å². The summed E-state index contributed by atoms with van der Waals surface area (Å²) >= 11 is 0. The molecule has 2 aromatic rings. The molecular formula is C22H31N3O2. The second kappa shape index (κ2) is 11.5. The molecule has 0 amide bonds. The van der Waals surface area contributed by atoms with Crippen molar-refractivity contribution in [1.82, 2.24) is 0 Å². The first kappa shape index (κ1) is 14.8. The summed E-state index contributed by atoms with van der Waals surface area (Å²) in [5.74, 6) is 0.462. The molecule has 0 radical (unpaired) electrons. The van der Waals surface area contributed by atoms with Gasteiger partial charge in [0.1, 0.15) is 0 Å². The van der Waals surface area contributed by atoms with Crippen LogP contribution in [0.15, 0.2) is 64.7 Å². The minimum absolute atomic E-state index is 0.179. The van der Waals surface area contributed by atoms with Crippen LogP contribution in [0.1, 0.15) is 34.5 Å². The van der Waals surface area contributed by atoms with Crippen molar-refractivity contribution in [2.75, 3.05) is 31.2 Å². The molecular weight excluding hydrogens is 338 g/mol. The minimum atomic E-state index is -0.451. The van der Waals surface area contributed by atoms with Crippen LogP contribution in [0.25, 0.3) is 0 Å². The number of hydrogen-bond acceptors (Lipinski definition) is 5. The summed E-state index contributed by atoms with van der Waals surface area (Å²) in [5, 5.41) is 7.96. The van der Waals surface area contributed by atoms with Crippen molar-refractivity contribution in [2.24, 2.45) is 16.1 Å². The molecule has 0 aliphatic rings. The van der Waals surface area contributed by atoms with Gasteiger partial charge in [0.15, 0.2) is 6.29 Å². The van der Waals surface area contributed by atoms with Crippen LogP contribution in [-0.4, -0.2) is 32.6 Å². The van der Waals surface area contributed by atoms with Crippen LogP contribution in [0.2, 0.25) is 0 Å². The fourth-order valence-electron chi connectivity index (χ4n) is 2.31. The Hall–Kier alpha value is -2.24. The Kier molecular flexibility index (Phi) is 6.27. The van der Waals surface area contributed by atoms with Crippen molar-refractivity contribution in [1.29, 1.82) is 0 Å². The predicted molar refractivity (Wildman–Crippen MR) is 111 cm³/mol. The molecule has 0 saturated carbocycles. The van der Waals surface area contributed by atoms with Crippen molar-refractivity contribution < 1.29 is 16.3 Å². The molecule has 0 fully saturated rings. The lowest BCUT2D eigenvalue weighted by atomic mass is 10.2. The van der Waals surface area contributed by atoms with Crippen LogP contribution in [-0.2, 0) is 9.47 Å². The quantitative estimate of drug-likeness (QED) is 0.360. The zero-order chi connectivity index (χ0) is 23.8. The summed E-state index contributed by atoms with van der Waals surface area (Å²) in [7, 11) is 0. The lowest BCUT2D eigenvalue weighted by molar-refractivity contribution is -0.134. The van der Waals surface area contributed by atoms with Crippen LogP contribution >= 0.6 is 0 Å². The molecule has 0 saturated heterocycles. The van der Waals surface area contributed by atoms with Crippen molar-refractivity contribution in [2.45, 2.75) is 34.0 Å². The standard InChI is InChI=1S/C22H31N3O2/c1-5-25(15-16-26-19(4)27-17-18(2)3)22-13-11-21(12-14-22)24-23-20-9-7-6-8-10-20/h6-14,18-19H,5,15-17H2,1-4H3/i6D,7D,8D,9D,10D. The SMILES string of the molecule is [2H]c1c([2H])c([2H])c(N=Nc2ccc(N(CC)CCOC(C)OCC(C)C)cc2)c([2H])c1[2H]. The smallest absolute Gasteiger partial charge is 0.154 e. The van der Waals surface area contributed by atoms with Crippen molar-refractivity contribution >= 4 is 17.1 Å². The molecule has 1 unspecified atom stereocenters. The summed E-state index contributed by atoms with van der Waals surface area (Å²) in [6, 6.07) is 5.28. The third-order valence-electron chi connectivity index (χ3n) is 3.73. The maximum absolute atomic E-state index is 7.90. The Balaban J connectivity index is 2.02. The molecule has 2 aromatic carbocycles. The fourth-order valence-corrected chi connectivity index (χ4v) is 2.31. The Bertz CT molecular complexity index is 894. The molecule has 2 rings (SSSR count). The highest BCUT2D eigenvalue weighted by molar-refractivity contribution is 5.52. The molecule has 5 heteroatoms. The van der Waals surface area contributed by atoms with E-state index in [4.69, 9.17) is 16.3 Å². The molecule has 0 aliphatic carbocycles. The van der Waals surface area contributed by atoms with Gasteiger partial charge in [-0.2, -0.15) is 10.2 Å². The van der Waals surface area contributed by atoms with Crippen LogP contribution in [0.3, 0.4) is 0 Å². The first-order chi connectivity index (χ1) is 15.1. The fraction of sp³-hybridized carbons (Fsp3) is 0.455. The van der Waals surface area contributed by atoms with E-state index in [9.17, 15) is 0 Å². The van der Waals surface area contributed by atoms with Crippen LogP contribution in [0.4, 0.5) is 17.1 Å². The number of nitrogens with zero attached hydrogens (tertiary/aromatic N) is 3. The van der Waals surface area contributed by atoms with E-state index >= 15 is 0 Å². The number of likely N-dealkylation sites (N-methyl/N-ethyl adjacent to an activating group) is 1. The Labute approximate surface area is 170 Å². The topological polar surface area (TPSA) is 46.4 Å². The van der Waals surface area contributed by atoms with E-state index in [1.165, 1.54) is 0 Å². The molecule has 5 nitrogen and oxygen atoms in total. The minimum Gasteiger partial charge on any atom is -0.369 e. The predicted octanol–water partition coefficient (Wildman–Crippen LogP) is 5.96. The lowest BCUT2D eigenvalue weighted by Crippen LogP contribution is -2.29. The largest absolute Gasteiger partial charge is 0.369 e. The Morgan fingerprint density at radius 2 is 1.63 bits per heavy atom. The van der Waals surface area contributed by atoms with E-state index in [0.717, 1.165) is 12.2 Å². The van der Waals surface area contributed by atoms with E-state index in [0.29, 0.717) is 31.4 Å². The van der Waals surface area contributed by atoms with Crippen LogP contribution in [0, 0.1) is 5.92 Å². The first-order valence-corrected chi connectivity index (χ1v) is 9.22. The second-order valence-electron chi connectivity index (χ2n) is 6.44. The molecule has 27 heavy (non-hydrogen) atoms. The second-order valence-corrected chi connectivity index (χ2v) is 6.44. The number of benzene rings is 2. The number of azo groups is 1. The Morgan fingerprint density at radius 1 is 0.963 bits per heavy atom. The summed E-state index contributed by atoms with van der Waals surface area (Å²) in [6.45, 7) is 10.8. The van der Waals surface area contributed by atoms with Gasteiger partial charge in [-0.1, -0.05) is 32.0 Å². The van der Waals surface area contributed by atoms with Gasteiger partial charge in [0, 0.05) is 18.8 Å². The van der Waals surface area contributed by atoms with Gasteiger partial charge in [-0.25, -0.2) is 0 Å². The van der Waals surface area contributed by atoms with Gasteiger partial charge in [0.2, 0.25) is 0 Å². The first-order valence-electron chi connectivity index (χ1n) is 11.7. The van der Waals surface area contributed by atoms with E-state index in [2.05, 4.69) is 35.9 Å². The molecule has 0 bridgehead atoms. The van der Waals surface area contributed by atoms with Crippen LogP contribution < -0.4 is 4.90 Å². The third-order valence-corrected chi connectivity index (χ3v) is 3.73. The normalized spacial score (nSPS) is 15.2. The van der Waals surface area contributed by atoms with Gasteiger partial charge in [-0.05, 0) is 56.1 Å². The van der Waals surface area contributed by atoms with E-state index < -0.39 is 18.1 Å². The number of rotatable bonds is 11. The highest BCUT2D eigenvalue weighted by atomic mass is 16.7. The molecule has 0 spiro atoms. The van der Waals surface area contributed by atoms with E-state index in [1.807, 2.05) is 19.1 Å². The summed E-state index contributed by atoms with van der Waals surface area (Å²) in [5.41, 5.74) is 1.33. The van der Waals surface area contributed by atoms with Crippen molar-refractivity contribution in [3.05, 3.63) is 54.5 Å². The maximum Gasteiger partial charge on any atom is 0.154 e. The van der Waals surface area contributed by atoms with Crippen LogP contribution in [0.5, 0.6) is 0 Å².